The summed E-state index contributed by atoms with van der Waals surface area (Å²) in [4.78, 5) is 31.9. The number of ether oxygens (including phenoxy) is 1. The van der Waals surface area contributed by atoms with Crippen LogP contribution in [0.25, 0.3) is 11.0 Å². The summed E-state index contributed by atoms with van der Waals surface area (Å²) in [5.74, 6) is 0.476. The quantitative estimate of drug-likeness (QED) is 0.363. The molecule has 2 aromatic heterocycles. The molecule has 1 aliphatic carbocycles. The Labute approximate surface area is 225 Å². The Bertz CT molecular complexity index is 1220. The second-order valence-corrected chi connectivity index (χ2v) is 9.50. The van der Waals surface area contributed by atoms with E-state index in [1.165, 1.54) is 19.3 Å². The van der Waals surface area contributed by atoms with E-state index in [4.69, 9.17) is 0 Å². The third kappa shape index (κ3) is 9.89. The van der Waals surface area contributed by atoms with Crippen molar-refractivity contribution in [3.05, 3.63) is 47.5 Å². The summed E-state index contributed by atoms with van der Waals surface area (Å²) in [6.45, 7) is 4.48. The number of amides is 3. The molecule has 214 valence electrons. The van der Waals surface area contributed by atoms with E-state index in [1.54, 1.807) is 28.9 Å². The van der Waals surface area contributed by atoms with Gasteiger partial charge in [0.25, 0.3) is 5.91 Å². The second-order valence-electron chi connectivity index (χ2n) is 9.50. The van der Waals surface area contributed by atoms with Crippen LogP contribution in [0.1, 0.15) is 61.0 Å². The van der Waals surface area contributed by atoms with E-state index >= 15 is 0 Å². The molecule has 0 radical (unpaired) electrons. The van der Waals surface area contributed by atoms with Gasteiger partial charge in [0.15, 0.2) is 0 Å². The van der Waals surface area contributed by atoms with Crippen LogP contribution >= 0.6 is 0 Å². The number of aromatic amines is 1. The minimum Gasteiger partial charge on any atom is -0.372 e. The third-order valence-corrected chi connectivity index (χ3v) is 5.64. The van der Waals surface area contributed by atoms with Crippen LogP contribution in [0.2, 0.25) is 0 Å². The summed E-state index contributed by atoms with van der Waals surface area (Å²) in [5, 5.41) is 9.35. The van der Waals surface area contributed by atoms with Gasteiger partial charge in [-0.25, -0.2) is 9.78 Å². The van der Waals surface area contributed by atoms with Crippen molar-refractivity contribution in [3.8, 4) is 0 Å². The summed E-state index contributed by atoms with van der Waals surface area (Å²) in [6.07, 6.45) is 2.09. The van der Waals surface area contributed by atoms with Gasteiger partial charge < -0.3 is 25.3 Å². The molecule has 2 fully saturated rings. The van der Waals surface area contributed by atoms with Crippen molar-refractivity contribution in [2.75, 3.05) is 33.4 Å². The molecule has 5 rings (SSSR count). The van der Waals surface area contributed by atoms with Gasteiger partial charge in [-0.05, 0) is 37.6 Å². The number of halogens is 3. The maximum atomic E-state index is 12.0. The predicted molar refractivity (Wildman–Crippen MR) is 140 cm³/mol. The Morgan fingerprint density at radius 3 is 2.54 bits per heavy atom. The van der Waals surface area contributed by atoms with Crippen molar-refractivity contribution < 1.29 is 27.5 Å². The second kappa shape index (κ2) is 14.0. The SMILES string of the molecule is C1CC1.CNC(=O)c1ccnn1C(C)C.O=C1NCCN1Cc1ccc2nc(CCOCC(F)(F)F)[nH]c2c1. The maximum absolute atomic E-state index is 12.0. The number of urea groups is 1. The van der Waals surface area contributed by atoms with Crippen LogP contribution in [0.15, 0.2) is 30.5 Å². The lowest BCUT2D eigenvalue weighted by Crippen LogP contribution is -2.27. The number of hydrogen-bond donors (Lipinski definition) is 3. The first kappa shape index (κ1) is 29.9. The number of alkyl halides is 3. The number of carbonyl (C=O) groups excluding carboxylic acids is 2. The maximum Gasteiger partial charge on any atom is 0.411 e. The van der Waals surface area contributed by atoms with Gasteiger partial charge in [-0.1, -0.05) is 25.3 Å². The molecule has 1 saturated carbocycles. The van der Waals surface area contributed by atoms with Crippen molar-refractivity contribution >= 4 is 23.0 Å². The molecule has 10 nitrogen and oxygen atoms in total. The van der Waals surface area contributed by atoms with Crippen LogP contribution in [-0.2, 0) is 17.7 Å². The summed E-state index contributed by atoms with van der Waals surface area (Å²) in [6, 6.07) is 7.45. The molecule has 0 atom stereocenters. The van der Waals surface area contributed by atoms with Crippen molar-refractivity contribution in [2.45, 2.75) is 58.3 Å². The van der Waals surface area contributed by atoms with Crippen LogP contribution in [-0.4, -0.2) is 76.1 Å². The highest BCUT2D eigenvalue weighted by atomic mass is 19.4. The number of hydrogen-bond acceptors (Lipinski definition) is 5. The van der Waals surface area contributed by atoms with Gasteiger partial charge in [-0.2, -0.15) is 18.3 Å². The van der Waals surface area contributed by atoms with Crippen LogP contribution in [0.4, 0.5) is 18.0 Å². The van der Waals surface area contributed by atoms with Gasteiger partial charge in [0.05, 0.1) is 17.6 Å². The minimum atomic E-state index is -4.31. The molecule has 0 spiro atoms. The van der Waals surface area contributed by atoms with Crippen molar-refractivity contribution in [1.82, 2.24) is 35.3 Å². The molecule has 3 N–H and O–H groups in total. The largest absolute Gasteiger partial charge is 0.411 e. The molecule has 2 aliphatic rings. The Hall–Kier alpha value is -3.61. The smallest absolute Gasteiger partial charge is 0.372 e. The summed E-state index contributed by atoms with van der Waals surface area (Å²) in [5.41, 5.74) is 3.09. The van der Waals surface area contributed by atoms with Crippen LogP contribution < -0.4 is 10.6 Å². The van der Waals surface area contributed by atoms with E-state index in [0.717, 1.165) is 16.6 Å². The standard InChI is InChI=1S/C15H17F3N4O2.C8H13N3O.C3H6/c16-15(17,18)9-24-6-3-13-20-11-2-1-10(7-12(11)21-13)8-22-5-4-19-14(22)23;1-6(2)11-7(4-5-10-11)8(12)9-3;1-2-3-1/h1-2,7H,3-6,8-9H2,(H,19,23)(H,20,21);4-6H,1-3H3,(H,9,12);1-3H2. The van der Waals surface area contributed by atoms with Crippen LogP contribution in [0.3, 0.4) is 0 Å². The highest BCUT2D eigenvalue weighted by Gasteiger charge is 2.27. The van der Waals surface area contributed by atoms with E-state index in [9.17, 15) is 22.8 Å². The fourth-order valence-electron chi connectivity index (χ4n) is 3.60. The first-order valence-electron chi connectivity index (χ1n) is 13.0. The Morgan fingerprint density at radius 2 is 1.95 bits per heavy atom. The lowest BCUT2D eigenvalue weighted by Gasteiger charge is -2.13. The highest BCUT2D eigenvalue weighted by Crippen LogP contribution is 2.18. The molecular weight excluding hydrogens is 515 g/mol. The summed E-state index contributed by atoms with van der Waals surface area (Å²) in [7, 11) is 1.61. The normalized spacial score (nSPS) is 14.4. The molecular formula is C26H36F3N7O3. The topological polar surface area (TPSA) is 117 Å². The van der Waals surface area contributed by atoms with E-state index < -0.39 is 12.8 Å². The van der Waals surface area contributed by atoms with Gasteiger partial charge in [-0.3, -0.25) is 9.48 Å². The van der Waals surface area contributed by atoms with Gasteiger partial charge >= 0.3 is 12.2 Å². The number of fused-ring (bicyclic) bond motifs is 1. The number of H-pyrrole nitrogens is 1. The molecule has 0 unspecified atom stereocenters. The van der Waals surface area contributed by atoms with Gasteiger partial charge in [0.2, 0.25) is 0 Å². The Kier molecular flexibility index (Phi) is 10.7. The number of nitrogens with one attached hydrogen (secondary N) is 3. The number of imidazole rings is 1. The molecule has 1 aliphatic heterocycles. The molecule has 1 aromatic carbocycles. The van der Waals surface area contributed by atoms with E-state index in [-0.39, 0.29) is 31.0 Å². The lowest BCUT2D eigenvalue weighted by atomic mass is 10.2. The molecule has 1 saturated heterocycles. The molecule has 13 heteroatoms. The molecule has 0 bridgehead atoms. The lowest BCUT2D eigenvalue weighted by molar-refractivity contribution is -0.173. The predicted octanol–water partition coefficient (Wildman–Crippen LogP) is 4.20. The number of nitrogens with zero attached hydrogens (tertiary/aromatic N) is 4. The zero-order valence-corrected chi connectivity index (χ0v) is 22.5. The number of aromatic nitrogens is 4. The van der Waals surface area contributed by atoms with E-state index in [2.05, 4.69) is 30.4 Å². The van der Waals surface area contributed by atoms with Gasteiger partial charge in [0.1, 0.15) is 18.1 Å². The average molecular weight is 552 g/mol. The minimum absolute atomic E-state index is 0.0554. The number of benzene rings is 1. The zero-order chi connectivity index (χ0) is 28.4. The molecule has 3 aromatic rings. The molecule has 39 heavy (non-hydrogen) atoms. The fraction of sp³-hybridized carbons (Fsp3) is 0.538. The first-order chi connectivity index (χ1) is 18.6. The Balaban J connectivity index is 0.000000232. The summed E-state index contributed by atoms with van der Waals surface area (Å²) >= 11 is 0. The fourth-order valence-corrected chi connectivity index (χ4v) is 3.60. The van der Waals surface area contributed by atoms with Crippen LogP contribution in [0, 0.1) is 0 Å². The highest BCUT2D eigenvalue weighted by molar-refractivity contribution is 5.92. The van der Waals surface area contributed by atoms with E-state index in [0.29, 0.717) is 31.2 Å². The zero-order valence-electron chi connectivity index (χ0n) is 22.5. The number of rotatable bonds is 8. The molecule has 3 heterocycles. The third-order valence-electron chi connectivity index (χ3n) is 5.64. The van der Waals surface area contributed by atoms with Crippen molar-refractivity contribution in [1.29, 1.82) is 0 Å². The Morgan fingerprint density at radius 1 is 1.21 bits per heavy atom. The van der Waals surface area contributed by atoms with Gasteiger partial charge in [0, 0.05) is 45.3 Å². The molecule has 3 amide bonds. The average Bonchev–Trinajstić information content (AvgIpc) is 3.42. The summed E-state index contributed by atoms with van der Waals surface area (Å²) < 4.78 is 42.3. The van der Waals surface area contributed by atoms with Crippen molar-refractivity contribution in [3.63, 3.8) is 0 Å². The van der Waals surface area contributed by atoms with E-state index in [1.807, 2.05) is 32.0 Å². The first-order valence-corrected chi connectivity index (χ1v) is 13.0. The van der Waals surface area contributed by atoms with Crippen LogP contribution in [0.5, 0.6) is 0 Å². The van der Waals surface area contributed by atoms with Crippen molar-refractivity contribution in [2.24, 2.45) is 0 Å². The number of carbonyl (C=O) groups is 2. The van der Waals surface area contributed by atoms with Gasteiger partial charge in [-0.15, -0.1) is 0 Å². The monoisotopic (exact) mass is 551 g/mol.